The quantitative estimate of drug-likeness (QED) is 0.836. The number of benzene rings is 1. The number of anilines is 1. The van der Waals surface area contributed by atoms with Crippen LogP contribution in [0.25, 0.3) is 0 Å². The van der Waals surface area contributed by atoms with Crippen molar-refractivity contribution in [2.75, 3.05) is 23.0 Å². The fourth-order valence-corrected chi connectivity index (χ4v) is 5.25. The lowest BCUT2D eigenvalue weighted by Crippen LogP contribution is -2.56. The van der Waals surface area contributed by atoms with Gasteiger partial charge in [0, 0.05) is 6.92 Å². The zero-order valence-corrected chi connectivity index (χ0v) is 14.4. The molecule has 8 heteroatoms. The maximum atomic E-state index is 12.6. The molecule has 3 rings (SSSR count). The van der Waals surface area contributed by atoms with E-state index >= 15 is 0 Å². The highest BCUT2D eigenvalue weighted by Crippen LogP contribution is 2.33. The molecule has 0 radical (unpaired) electrons. The normalized spacial score (nSPS) is 27.9. The van der Waals surface area contributed by atoms with Crippen molar-refractivity contribution in [3.63, 3.8) is 0 Å². The zero-order chi connectivity index (χ0) is 17.5. The van der Waals surface area contributed by atoms with Crippen LogP contribution in [0.1, 0.15) is 20.3 Å². The molecule has 1 saturated heterocycles. The molecule has 0 spiro atoms. The topological polar surface area (TPSA) is 92.8 Å². The predicted molar refractivity (Wildman–Crippen MR) is 88.7 cm³/mol. The maximum Gasteiger partial charge on any atom is 0.263 e. The van der Waals surface area contributed by atoms with Crippen LogP contribution in [-0.2, 0) is 19.4 Å². The maximum absolute atomic E-state index is 12.6. The van der Waals surface area contributed by atoms with Crippen molar-refractivity contribution in [3.8, 4) is 5.75 Å². The molecule has 1 aromatic rings. The van der Waals surface area contributed by atoms with E-state index in [-0.39, 0.29) is 24.0 Å². The van der Waals surface area contributed by atoms with Crippen LogP contribution in [0, 0.1) is 0 Å². The Labute approximate surface area is 140 Å². The van der Waals surface area contributed by atoms with E-state index in [0.717, 1.165) is 0 Å². The van der Waals surface area contributed by atoms with Crippen LogP contribution in [0.3, 0.4) is 0 Å². The number of nitrogens with zero attached hydrogens (tertiary/aromatic N) is 1. The van der Waals surface area contributed by atoms with E-state index in [1.165, 1.54) is 11.8 Å². The molecule has 2 atom stereocenters. The first-order valence-electron chi connectivity index (χ1n) is 7.75. The van der Waals surface area contributed by atoms with Crippen molar-refractivity contribution in [3.05, 3.63) is 24.3 Å². The standard InChI is InChI=1S/C16H20N2O5S/c1-11(19)18-9-14(23-13-6-4-3-5-12(13)18)15(20)17-16(2)7-8-24(21,22)10-16/h3-6,14H,7-10H2,1-2H3,(H,17,20)/t14-,16+/m0/s1. The zero-order valence-electron chi connectivity index (χ0n) is 13.6. The number of ether oxygens (including phenoxy) is 1. The second-order valence-electron chi connectivity index (χ2n) is 6.60. The highest BCUT2D eigenvalue weighted by atomic mass is 32.2. The Balaban J connectivity index is 1.78. The SMILES string of the molecule is CC(=O)N1C[C@@H](C(=O)N[C@]2(C)CCS(=O)(=O)C2)Oc2ccccc21. The third kappa shape index (κ3) is 3.24. The summed E-state index contributed by atoms with van der Waals surface area (Å²) in [6.07, 6.45) is -0.496. The van der Waals surface area contributed by atoms with Crippen LogP contribution in [0.15, 0.2) is 24.3 Å². The van der Waals surface area contributed by atoms with Crippen LogP contribution in [-0.4, -0.2) is 49.9 Å². The first kappa shape index (κ1) is 16.8. The molecule has 130 valence electrons. The Hall–Kier alpha value is -2.09. The van der Waals surface area contributed by atoms with Crippen LogP contribution >= 0.6 is 0 Å². The minimum absolute atomic E-state index is 0.0672. The van der Waals surface area contributed by atoms with Crippen molar-refractivity contribution >= 4 is 27.3 Å². The second kappa shape index (κ2) is 5.77. The van der Waals surface area contributed by atoms with Crippen molar-refractivity contribution in [2.24, 2.45) is 0 Å². The van der Waals surface area contributed by atoms with E-state index in [0.29, 0.717) is 17.9 Å². The Morgan fingerprint density at radius 3 is 2.67 bits per heavy atom. The number of rotatable bonds is 2. The van der Waals surface area contributed by atoms with Gasteiger partial charge < -0.3 is 15.0 Å². The molecule has 0 aromatic heterocycles. The molecular weight excluding hydrogens is 332 g/mol. The molecule has 1 N–H and O–H groups in total. The average Bonchev–Trinajstić information content (AvgIpc) is 2.79. The van der Waals surface area contributed by atoms with Gasteiger partial charge in [-0.3, -0.25) is 9.59 Å². The predicted octanol–water partition coefficient (Wildman–Crippen LogP) is 0.494. The molecule has 1 fully saturated rings. The van der Waals surface area contributed by atoms with E-state index in [4.69, 9.17) is 4.74 Å². The highest BCUT2D eigenvalue weighted by Gasteiger charge is 2.42. The molecule has 0 saturated carbocycles. The molecule has 24 heavy (non-hydrogen) atoms. The molecule has 0 unspecified atom stereocenters. The Morgan fingerprint density at radius 2 is 2.04 bits per heavy atom. The molecule has 2 amide bonds. The summed E-state index contributed by atoms with van der Waals surface area (Å²) in [5.74, 6) is -0.139. The third-order valence-electron chi connectivity index (χ3n) is 4.37. The number of amides is 2. The van der Waals surface area contributed by atoms with Gasteiger partial charge in [-0.1, -0.05) is 12.1 Å². The number of nitrogens with one attached hydrogen (secondary N) is 1. The van der Waals surface area contributed by atoms with Crippen molar-refractivity contribution in [1.29, 1.82) is 0 Å². The van der Waals surface area contributed by atoms with Gasteiger partial charge in [-0.2, -0.15) is 0 Å². The molecule has 0 bridgehead atoms. The lowest BCUT2D eigenvalue weighted by Gasteiger charge is -2.35. The molecule has 2 aliphatic heterocycles. The summed E-state index contributed by atoms with van der Waals surface area (Å²) in [6.45, 7) is 3.25. The second-order valence-corrected chi connectivity index (χ2v) is 8.78. The minimum atomic E-state index is -3.12. The number of hydrogen-bond donors (Lipinski definition) is 1. The number of carbonyl (C=O) groups excluding carboxylic acids is 2. The lowest BCUT2D eigenvalue weighted by atomic mass is 10.0. The van der Waals surface area contributed by atoms with Gasteiger partial charge in [-0.05, 0) is 25.5 Å². The van der Waals surface area contributed by atoms with Gasteiger partial charge in [0.25, 0.3) is 5.91 Å². The van der Waals surface area contributed by atoms with Gasteiger partial charge >= 0.3 is 0 Å². The number of fused-ring (bicyclic) bond motifs is 1. The van der Waals surface area contributed by atoms with Gasteiger partial charge in [-0.25, -0.2) is 8.42 Å². The average molecular weight is 352 g/mol. The van der Waals surface area contributed by atoms with Crippen LogP contribution < -0.4 is 15.0 Å². The summed E-state index contributed by atoms with van der Waals surface area (Å²) in [5, 5.41) is 2.79. The Bertz CT molecular complexity index is 791. The van der Waals surface area contributed by atoms with Crippen LogP contribution in [0.4, 0.5) is 5.69 Å². The lowest BCUT2D eigenvalue weighted by molar-refractivity contribution is -0.129. The largest absolute Gasteiger partial charge is 0.477 e. The summed E-state index contributed by atoms with van der Waals surface area (Å²) >= 11 is 0. The molecule has 7 nitrogen and oxygen atoms in total. The number of hydrogen-bond acceptors (Lipinski definition) is 5. The number of para-hydroxylation sites is 2. The van der Waals surface area contributed by atoms with Gasteiger partial charge in [-0.15, -0.1) is 0 Å². The van der Waals surface area contributed by atoms with Gasteiger partial charge in [0.05, 0.1) is 29.3 Å². The fraction of sp³-hybridized carbons (Fsp3) is 0.500. The summed E-state index contributed by atoms with van der Waals surface area (Å²) < 4.78 is 29.1. The third-order valence-corrected chi connectivity index (χ3v) is 6.28. The Kier molecular flexibility index (Phi) is 4.03. The number of carbonyl (C=O) groups is 2. The van der Waals surface area contributed by atoms with Crippen LogP contribution in [0.5, 0.6) is 5.75 Å². The van der Waals surface area contributed by atoms with E-state index in [1.54, 1.807) is 31.2 Å². The van der Waals surface area contributed by atoms with E-state index in [1.807, 2.05) is 0 Å². The van der Waals surface area contributed by atoms with Gasteiger partial charge in [0.1, 0.15) is 5.75 Å². The first-order chi connectivity index (χ1) is 11.2. The Morgan fingerprint density at radius 1 is 1.33 bits per heavy atom. The van der Waals surface area contributed by atoms with Crippen molar-refractivity contribution in [2.45, 2.75) is 31.9 Å². The van der Waals surface area contributed by atoms with E-state index < -0.39 is 27.4 Å². The monoisotopic (exact) mass is 352 g/mol. The minimum Gasteiger partial charge on any atom is -0.477 e. The van der Waals surface area contributed by atoms with E-state index in [2.05, 4.69) is 5.32 Å². The number of sulfone groups is 1. The molecular formula is C16H20N2O5S. The summed E-state index contributed by atoms with van der Waals surface area (Å²) in [4.78, 5) is 26.0. The van der Waals surface area contributed by atoms with Gasteiger partial charge in [0.2, 0.25) is 5.91 Å². The van der Waals surface area contributed by atoms with Crippen molar-refractivity contribution < 1.29 is 22.7 Å². The molecule has 2 aliphatic rings. The molecule has 1 aromatic carbocycles. The fourth-order valence-electron chi connectivity index (χ4n) is 3.16. The summed E-state index contributed by atoms with van der Waals surface area (Å²) in [7, 11) is -3.12. The van der Waals surface area contributed by atoms with E-state index in [9.17, 15) is 18.0 Å². The van der Waals surface area contributed by atoms with Crippen molar-refractivity contribution in [1.82, 2.24) is 5.32 Å². The summed E-state index contributed by atoms with van der Waals surface area (Å²) in [5.41, 5.74) is -0.166. The molecule has 2 heterocycles. The smallest absolute Gasteiger partial charge is 0.263 e. The van der Waals surface area contributed by atoms with Crippen LogP contribution in [0.2, 0.25) is 0 Å². The summed E-state index contributed by atoms with van der Waals surface area (Å²) in [6, 6.07) is 7.02. The molecule has 0 aliphatic carbocycles. The highest BCUT2D eigenvalue weighted by molar-refractivity contribution is 7.91. The first-order valence-corrected chi connectivity index (χ1v) is 9.57. The van der Waals surface area contributed by atoms with Gasteiger partial charge in [0.15, 0.2) is 15.9 Å².